The molecule has 2 rings (SSSR count). The molecule has 0 aliphatic carbocycles. The lowest BCUT2D eigenvalue weighted by Crippen LogP contribution is -2.38. The van der Waals surface area contributed by atoms with Crippen LogP contribution in [0.1, 0.15) is 11.1 Å². The second kappa shape index (κ2) is 6.60. The first-order valence-electron chi connectivity index (χ1n) is 6.85. The highest BCUT2D eigenvalue weighted by Crippen LogP contribution is 2.26. The molecular formula is C16H17ClN2O3S. The summed E-state index contributed by atoms with van der Waals surface area (Å²) in [5.41, 5.74) is 7.57. The first kappa shape index (κ1) is 17.3. The van der Waals surface area contributed by atoms with Crippen molar-refractivity contribution < 1.29 is 13.2 Å². The van der Waals surface area contributed by atoms with Gasteiger partial charge in [-0.15, -0.1) is 0 Å². The third-order valence-electron chi connectivity index (χ3n) is 3.48. The average Bonchev–Trinajstić information content (AvgIpc) is 2.48. The van der Waals surface area contributed by atoms with Gasteiger partial charge < -0.3 is 5.73 Å². The van der Waals surface area contributed by atoms with E-state index in [2.05, 4.69) is 0 Å². The van der Waals surface area contributed by atoms with E-state index >= 15 is 0 Å². The molecule has 7 heteroatoms. The average molecular weight is 353 g/mol. The Labute approximate surface area is 140 Å². The minimum atomic E-state index is -3.92. The number of carbonyl (C=O) groups is 1. The van der Waals surface area contributed by atoms with Gasteiger partial charge in [0.2, 0.25) is 5.91 Å². The summed E-state index contributed by atoms with van der Waals surface area (Å²) in [6, 6.07) is 10.9. The monoisotopic (exact) mass is 352 g/mol. The Hall–Kier alpha value is -2.05. The Bertz CT molecular complexity index is 833. The highest BCUT2D eigenvalue weighted by Gasteiger charge is 2.26. The molecule has 0 bridgehead atoms. The Balaban J connectivity index is 2.55. The molecular weight excluding hydrogens is 336 g/mol. The summed E-state index contributed by atoms with van der Waals surface area (Å²) in [5.74, 6) is -0.735. The van der Waals surface area contributed by atoms with Crippen LogP contribution in [-0.2, 0) is 14.8 Å². The smallest absolute Gasteiger partial charge is 0.264 e. The van der Waals surface area contributed by atoms with Crippen LogP contribution in [-0.4, -0.2) is 20.9 Å². The molecule has 2 aromatic carbocycles. The summed E-state index contributed by atoms with van der Waals surface area (Å²) in [5, 5.41) is 0.427. The summed E-state index contributed by atoms with van der Waals surface area (Å²) >= 11 is 5.80. The molecule has 0 unspecified atom stereocenters. The summed E-state index contributed by atoms with van der Waals surface area (Å²) in [6.07, 6.45) is 0. The zero-order chi connectivity index (χ0) is 17.2. The number of carbonyl (C=O) groups excluding carboxylic acids is 1. The van der Waals surface area contributed by atoms with Crippen molar-refractivity contribution in [1.29, 1.82) is 0 Å². The van der Waals surface area contributed by atoms with E-state index in [9.17, 15) is 13.2 Å². The van der Waals surface area contributed by atoms with E-state index in [0.29, 0.717) is 10.7 Å². The van der Waals surface area contributed by atoms with Crippen molar-refractivity contribution >= 4 is 33.2 Å². The number of nitrogens with zero attached hydrogens (tertiary/aromatic N) is 1. The van der Waals surface area contributed by atoms with Crippen molar-refractivity contribution in [2.75, 3.05) is 10.8 Å². The number of halogens is 1. The Morgan fingerprint density at radius 1 is 1.09 bits per heavy atom. The van der Waals surface area contributed by atoms with Gasteiger partial charge in [0, 0.05) is 5.02 Å². The zero-order valence-corrected chi connectivity index (χ0v) is 14.4. The van der Waals surface area contributed by atoms with Gasteiger partial charge in [0.25, 0.3) is 10.0 Å². The Kier molecular flexibility index (Phi) is 4.97. The van der Waals surface area contributed by atoms with Gasteiger partial charge in [-0.25, -0.2) is 8.42 Å². The van der Waals surface area contributed by atoms with Gasteiger partial charge >= 0.3 is 0 Å². The van der Waals surface area contributed by atoms with Gasteiger partial charge in [0.15, 0.2) is 0 Å². The molecule has 122 valence electrons. The van der Waals surface area contributed by atoms with Crippen LogP contribution in [0.15, 0.2) is 47.4 Å². The van der Waals surface area contributed by atoms with Crippen molar-refractivity contribution in [3.8, 4) is 0 Å². The number of sulfonamides is 1. The fourth-order valence-corrected chi connectivity index (χ4v) is 3.62. The van der Waals surface area contributed by atoms with Gasteiger partial charge in [-0.3, -0.25) is 9.10 Å². The van der Waals surface area contributed by atoms with Crippen LogP contribution in [0.2, 0.25) is 5.02 Å². The van der Waals surface area contributed by atoms with Crippen LogP contribution in [0.25, 0.3) is 0 Å². The van der Waals surface area contributed by atoms with E-state index in [4.69, 9.17) is 17.3 Å². The van der Waals surface area contributed by atoms with Crippen molar-refractivity contribution in [2.45, 2.75) is 18.7 Å². The van der Waals surface area contributed by atoms with E-state index in [1.165, 1.54) is 24.3 Å². The molecule has 0 atom stereocenters. The second-order valence-corrected chi connectivity index (χ2v) is 7.50. The molecule has 0 spiro atoms. The van der Waals surface area contributed by atoms with Crippen LogP contribution in [0.4, 0.5) is 5.69 Å². The molecule has 0 saturated carbocycles. The standard InChI is InChI=1S/C16H17ClN2O3S/c1-11-3-6-14(9-12(11)2)19(10-16(18)20)23(21,22)15-7-4-13(17)5-8-15/h3-9H,10H2,1-2H3,(H2,18,20). The SMILES string of the molecule is Cc1ccc(N(CC(N)=O)S(=O)(=O)c2ccc(Cl)cc2)cc1C. The molecule has 0 aromatic heterocycles. The van der Waals surface area contributed by atoms with Gasteiger partial charge in [-0.2, -0.15) is 0 Å². The van der Waals surface area contributed by atoms with E-state index in [1.54, 1.807) is 18.2 Å². The Morgan fingerprint density at radius 3 is 2.22 bits per heavy atom. The number of primary amides is 1. The van der Waals surface area contributed by atoms with Crippen molar-refractivity contribution in [3.05, 3.63) is 58.6 Å². The zero-order valence-electron chi connectivity index (χ0n) is 12.8. The van der Waals surface area contributed by atoms with E-state index < -0.39 is 22.5 Å². The van der Waals surface area contributed by atoms with E-state index in [0.717, 1.165) is 15.4 Å². The summed E-state index contributed by atoms with van der Waals surface area (Å²) < 4.78 is 26.7. The fourth-order valence-electron chi connectivity index (χ4n) is 2.07. The molecule has 0 fully saturated rings. The third kappa shape index (κ3) is 3.83. The third-order valence-corrected chi connectivity index (χ3v) is 5.52. The van der Waals surface area contributed by atoms with Gasteiger partial charge in [0.05, 0.1) is 10.6 Å². The summed E-state index contributed by atoms with van der Waals surface area (Å²) in [4.78, 5) is 11.4. The topological polar surface area (TPSA) is 80.5 Å². The minimum Gasteiger partial charge on any atom is -0.368 e. The van der Waals surface area contributed by atoms with Crippen molar-refractivity contribution in [2.24, 2.45) is 5.73 Å². The first-order valence-corrected chi connectivity index (χ1v) is 8.67. The molecule has 2 aromatic rings. The minimum absolute atomic E-state index is 0.0429. The number of amides is 1. The molecule has 0 aliphatic heterocycles. The first-order chi connectivity index (χ1) is 10.7. The number of benzene rings is 2. The maximum Gasteiger partial charge on any atom is 0.264 e. The number of aryl methyl sites for hydroxylation is 2. The lowest BCUT2D eigenvalue weighted by Gasteiger charge is -2.24. The maximum atomic E-state index is 12.9. The largest absolute Gasteiger partial charge is 0.368 e. The van der Waals surface area contributed by atoms with Crippen LogP contribution in [0.5, 0.6) is 0 Å². The van der Waals surface area contributed by atoms with Gasteiger partial charge in [-0.1, -0.05) is 17.7 Å². The normalized spacial score (nSPS) is 11.3. The number of rotatable bonds is 5. The highest BCUT2D eigenvalue weighted by atomic mass is 35.5. The number of hydrogen-bond donors (Lipinski definition) is 1. The molecule has 0 saturated heterocycles. The number of nitrogens with two attached hydrogens (primary N) is 1. The molecule has 0 aliphatic rings. The predicted octanol–water partition coefficient (Wildman–Crippen LogP) is 2.64. The molecule has 23 heavy (non-hydrogen) atoms. The second-order valence-electron chi connectivity index (χ2n) is 5.20. The van der Waals surface area contributed by atoms with Crippen molar-refractivity contribution in [1.82, 2.24) is 0 Å². The summed E-state index contributed by atoms with van der Waals surface area (Å²) in [7, 11) is -3.92. The predicted molar refractivity (Wildman–Crippen MR) is 91.1 cm³/mol. The fraction of sp³-hybridized carbons (Fsp3) is 0.188. The lowest BCUT2D eigenvalue weighted by atomic mass is 10.1. The maximum absolute atomic E-state index is 12.9. The van der Waals surface area contributed by atoms with Gasteiger partial charge in [-0.05, 0) is 61.4 Å². The van der Waals surface area contributed by atoms with E-state index in [-0.39, 0.29) is 4.90 Å². The Morgan fingerprint density at radius 2 is 1.70 bits per heavy atom. The van der Waals surface area contributed by atoms with Crippen LogP contribution >= 0.6 is 11.6 Å². The molecule has 5 nitrogen and oxygen atoms in total. The summed E-state index contributed by atoms with van der Waals surface area (Å²) in [6.45, 7) is 3.36. The molecule has 0 radical (unpaired) electrons. The number of hydrogen-bond acceptors (Lipinski definition) is 3. The van der Waals surface area contributed by atoms with Crippen LogP contribution < -0.4 is 10.0 Å². The van der Waals surface area contributed by atoms with Crippen LogP contribution in [0.3, 0.4) is 0 Å². The van der Waals surface area contributed by atoms with Gasteiger partial charge in [0.1, 0.15) is 6.54 Å². The van der Waals surface area contributed by atoms with Crippen molar-refractivity contribution in [3.63, 3.8) is 0 Å². The molecule has 1 amide bonds. The molecule has 2 N–H and O–H groups in total. The quantitative estimate of drug-likeness (QED) is 0.898. The number of anilines is 1. The highest BCUT2D eigenvalue weighted by molar-refractivity contribution is 7.92. The molecule has 0 heterocycles. The van der Waals surface area contributed by atoms with Crippen LogP contribution in [0, 0.1) is 13.8 Å². The van der Waals surface area contributed by atoms with E-state index in [1.807, 2.05) is 13.8 Å². The lowest BCUT2D eigenvalue weighted by molar-refractivity contribution is -0.116.